The summed E-state index contributed by atoms with van der Waals surface area (Å²) >= 11 is 0. The van der Waals surface area contributed by atoms with Crippen molar-refractivity contribution in [1.82, 2.24) is 5.32 Å². The predicted molar refractivity (Wildman–Crippen MR) is 109 cm³/mol. The van der Waals surface area contributed by atoms with E-state index in [1.807, 2.05) is 24.3 Å². The third kappa shape index (κ3) is 4.30. The van der Waals surface area contributed by atoms with Crippen molar-refractivity contribution in [3.63, 3.8) is 0 Å². The maximum absolute atomic E-state index is 13.2. The number of fused-ring (bicyclic) bond motifs is 3. The second kappa shape index (κ2) is 8.45. The van der Waals surface area contributed by atoms with E-state index in [1.165, 1.54) is 23.3 Å². The van der Waals surface area contributed by atoms with Gasteiger partial charge in [0.1, 0.15) is 12.4 Å². The molecular weight excluding hydrogens is 369 g/mol. The molecule has 5 heteroatoms. The van der Waals surface area contributed by atoms with Crippen LogP contribution in [-0.4, -0.2) is 30.5 Å². The molecule has 0 heterocycles. The van der Waals surface area contributed by atoms with Crippen LogP contribution in [0.2, 0.25) is 0 Å². The molecule has 0 bridgehead atoms. The summed E-state index contributed by atoms with van der Waals surface area (Å²) < 4.78 is 18.7. The summed E-state index contributed by atoms with van der Waals surface area (Å²) in [5.74, 6) is -0.357. The summed E-state index contributed by atoms with van der Waals surface area (Å²) in [5, 5.41) is 12.7. The van der Waals surface area contributed by atoms with Gasteiger partial charge in [0.25, 0.3) is 0 Å². The lowest BCUT2D eigenvalue weighted by atomic mass is 9.98. The van der Waals surface area contributed by atoms with E-state index < -0.39 is 12.2 Å². The summed E-state index contributed by atoms with van der Waals surface area (Å²) in [5.41, 5.74) is 5.30. The van der Waals surface area contributed by atoms with Gasteiger partial charge in [-0.05, 0) is 39.9 Å². The molecule has 148 valence electrons. The lowest BCUT2D eigenvalue weighted by Gasteiger charge is -2.16. The van der Waals surface area contributed by atoms with Gasteiger partial charge in [0, 0.05) is 18.9 Å². The van der Waals surface area contributed by atoms with E-state index in [2.05, 4.69) is 29.6 Å². The fourth-order valence-corrected chi connectivity index (χ4v) is 3.86. The molecule has 4 rings (SSSR count). The van der Waals surface area contributed by atoms with Crippen LogP contribution in [-0.2, 0) is 11.2 Å². The highest BCUT2D eigenvalue weighted by Gasteiger charge is 2.29. The van der Waals surface area contributed by atoms with Crippen molar-refractivity contribution in [2.75, 3.05) is 13.2 Å². The van der Waals surface area contributed by atoms with Gasteiger partial charge in [-0.15, -0.1) is 0 Å². The van der Waals surface area contributed by atoms with Gasteiger partial charge in [-0.3, -0.25) is 0 Å². The molecule has 0 aliphatic heterocycles. The van der Waals surface area contributed by atoms with Crippen molar-refractivity contribution in [3.8, 4) is 11.1 Å². The summed E-state index contributed by atoms with van der Waals surface area (Å²) in [6, 6.07) is 22.3. The first kappa shape index (κ1) is 19.2. The third-order valence-corrected chi connectivity index (χ3v) is 5.19. The normalized spacial score (nSPS) is 13.4. The minimum Gasteiger partial charge on any atom is -0.449 e. The van der Waals surface area contributed by atoms with Gasteiger partial charge < -0.3 is 15.2 Å². The van der Waals surface area contributed by atoms with Crippen molar-refractivity contribution in [1.29, 1.82) is 0 Å². The van der Waals surface area contributed by atoms with Crippen LogP contribution in [0.3, 0.4) is 0 Å². The van der Waals surface area contributed by atoms with Gasteiger partial charge in [-0.25, -0.2) is 9.18 Å². The number of ether oxygens (including phenoxy) is 1. The number of aliphatic hydroxyl groups is 1. The Morgan fingerprint density at radius 3 is 2.31 bits per heavy atom. The number of halogens is 1. The van der Waals surface area contributed by atoms with E-state index >= 15 is 0 Å². The van der Waals surface area contributed by atoms with Crippen molar-refractivity contribution < 1.29 is 19.0 Å². The smallest absolute Gasteiger partial charge is 0.407 e. The zero-order valence-electron chi connectivity index (χ0n) is 15.8. The minimum absolute atomic E-state index is 0.00892. The Balaban J connectivity index is 1.32. The molecule has 3 aromatic rings. The molecule has 0 saturated carbocycles. The average Bonchev–Trinajstić information content (AvgIpc) is 3.05. The van der Waals surface area contributed by atoms with E-state index in [9.17, 15) is 14.3 Å². The van der Waals surface area contributed by atoms with Gasteiger partial charge in [-0.1, -0.05) is 60.7 Å². The van der Waals surface area contributed by atoms with Gasteiger partial charge in [0.15, 0.2) is 0 Å². The molecule has 0 fully saturated rings. The molecule has 1 aliphatic carbocycles. The Morgan fingerprint density at radius 2 is 1.66 bits per heavy atom. The topological polar surface area (TPSA) is 58.6 Å². The summed E-state index contributed by atoms with van der Waals surface area (Å²) in [4.78, 5) is 12.1. The SMILES string of the molecule is O=C(NCC(O)Cc1cccc(F)c1)OCC1c2ccccc2-c2ccccc21. The second-order valence-corrected chi connectivity index (χ2v) is 7.19. The third-order valence-electron chi connectivity index (χ3n) is 5.19. The molecule has 1 amide bonds. The maximum atomic E-state index is 13.2. The largest absolute Gasteiger partial charge is 0.449 e. The lowest BCUT2D eigenvalue weighted by molar-refractivity contribution is 0.128. The zero-order chi connectivity index (χ0) is 20.2. The summed E-state index contributed by atoms with van der Waals surface area (Å²) in [6.07, 6.45) is -1.15. The molecule has 1 atom stereocenters. The molecule has 3 aromatic carbocycles. The highest BCUT2D eigenvalue weighted by molar-refractivity contribution is 5.79. The van der Waals surface area contributed by atoms with Crippen molar-refractivity contribution in [2.45, 2.75) is 18.4 Å². The molecule has 0 saturated heterocycles. The fourth-order valence-electron chi connectivity index (χ4n) is 3.86. The van der Waals surface area contributed by atoms with E-state index in [4.69, 9.17) is 4.74 Å². The number of benzene rings is 3. The number of rotatable bonds is 6. The molecule has 1 aliphatic rings. The molecular formula is C24H22FNO3. The van der Waals surface area contributed by atoms with Crippen LogP contribution in [0.5, 0.6) is 0 Å². The standard InChI is InChI=1S/C24H22FNO3/c25-17-7-5-6-16(12-17)13-18(27)14-26-24(28)29-15-23-21-10-3-1-8-19(21)20-9-2-4-11-22(20)23/h1-12,18,23,27H,13-15H2,(H,26,28). The first-order chi connectivity index (χ1) is 14.1. The summed E-state index contributed by atoms with van der Waals surface area (Å²) in [6.45, 7) is 0.257. The second-order valence-electron chi connectivity index (χ2n) is 7.19. The first-order valence-electron chi connectivity index (χ1n) is 9.63. The Bertz CT molecular complexity index is 975. The van der Waals surface area contributed by atoms with E-state index in [-0.39, 0.29) is 31.3 Å². The molecule has 29 heavy (non-hydrogen) atoms. The van der Waals surface area contributed by atoms with Crippen molar-refractivity contribution >= 4 is 6.09 Å². The molecule has 0 spiro atoms. The summed E-state index contributed by atoms with van der Waals surface area (Å²) in [7, 11) is 0. The highest BCUT2D eigenvalue weighted by atomic mass is 19.1. The Hall–Kier alpha value is -3.18. The zero-order valence-corrected chi connectivity index (χ0v) is 15.8. The van der Waals surface area contributed by atoms with E-state index in [1.54, 1.807) is 12.1 Å². The highest BCUT2D eigenvalue weighted by Crippen LogP contribution is 2.44. The quantitative estimate of drug-likeness (QED) is 0.660. The maximum Gasteiger partial charge on any atom is 0.407 e. The van der Waals surface area contributed by atoms with Crippen LogP contribution < -0.4 is 5.32 Å². The number of amides is 1. The first-order valence-corrected chi connectivity index (χ1v) is 9.63. The van der Waals surface area contributed by atoms with Crippen LogP contribution in [0.25, 0.3) is 11.1 Å². The van der Waals surface area contributed by atoms with Crippen LogP contribution in [0.15, 0.2) is 72.8 Å². The number of hydrogen-bond donors (Lipinski definition) is 2. The van der Waals surface area contributed by atoms with Gasteiger partial charge in [0.05, 0.1) is 6.10 Å². The van der Waals surface area contributed by atoms with Gasteiger partial charge >= 0.3 is 6.09 Å². The lowest BCUT2D eigenvalue weighted by Crippen LogP contribution is -2.34. The predicted octanol–water partition coefficient (Wildman–Crippen LogP) is 4.27. The Kier molecular flexibility index (Phi) is 5.58. The number of alkyl carbamates (subject to hydrolysis) is 1. The van der Waals surface area contributed by atoms with Crippen LogP contribution >= 0.6 is 0 Å². The van der Waals surface area contributed by atoms with Crippen LogP contribution in [0, 0.1) is 5.82 Å². The molecule has 0 radical (unpaired) electrons. The monoisotopic (exact) mass is 391 g/mol. The van der Waals surface area contributed by atoms with Crippen molar-refractivity contribution in [2.24, 2.45) is 0 Å². The van der Waals surface area contributed by atoms with Crippen molar-refractivity contribution in [3.05, 3.63) is 95.3 Å². The number of nitrogens with one attached hydrogen (secondary N) is 1. The Labute approximate surface area is 169 Å². The number of aliphatic hydroxyl groups excluding tert-OH is 1. The average molecular weight is 391 g/mol. The van der Waals surface area contributed by atoms with E-state index in [0.29, 0.717) is 5.56 Å². The number of carbonyl (C=O) groups is 1. The molecule has 1 unspecified atom stereocenters. The molecule has 4 nitrogen and oxygen atoms in total. The Morgan fingerprint density at radius 1 is 1.00 bits per heavy atom. The molecule has 2 N–H and O–H groups in total. The minimum atomic E-state index is -0.822. The number of carbonyl (C=O) groups excluding carboxylic acids is 1. The van der Waals surface area contributed by atoms with Gasteiger partial charge in [-0.2, -0.15) is 0 Å². The number of hydrogen-bond acceptors (Lipinski definition) is 3. The van der Waals surface area contributed by atoms with Crippen LogP contribution in [0.4, 0.5) is 9.18 Å². The fraction of sp³-hybridized carbons (Fsp3) is 0.208. The molecule has 0 aromatic heterocycles. The van der Waals surface area contributed by atoms with E-state index in [0.717, 1.165) is 11.1 Å². The van der Waals surface area contributed by atoms with Gasteiger partial charge in [0.2, 0.25) is 0 Å². The van der Waals surface area contributed by atoms with Crippen LogP contribution in [0.1, 0.15) is 22.6 Å².